The van der Waals surface area contributed by atoms with Gasteiger partial charge in [-0.25, -0.2) is 0 Å². The van der Waals surface area contributed by atoms with E-state index in [1.807, 2.05) is 13.0 Å². The highest BCUT2D eigenvalue weighted by atomic mass is 16.5. The van der Waals surface area contributed by atoms with Crippen molar-refractivity contribution >= 4 is 18.5 Å². The monoisotopic (exact) mass is 219 g/mol. The molecular weight excluding hydrogens is 205 g/mol. The smallest absolute Gasteiger partial charge is 0.423 e. The number of hydrogen-bond donors (Lipinski definition) is 2. The third-order valence-corrected chi connectivity index (χ3v) is 2.61. The molecule has 1 aliphatic rings. The van der Waals surface area contributed by atoms with Crippen molar-refractivity contribution in [1.82, 2.24) is 5.32 Å². The van der Waals surface area contributed by atoms with Gasteiger partial charge in [0.2, 0.25) is 0 Å². The zero-order valence-corrected chi connectivity index (χ0v) is 9.19. The average Bonchev–Trinajstić information content (AvgIpc) is 2.67. The molecule has 0 saturated heterocycles. The molecule has 4 nitrogen and oxygen atoms in total. The Morgan fingerprint density at radius 1 is 1.62 bits per heavy atom. The van der Waals surface area contributed by atoms with Crippen molar-refractivity contribution < 1.29 is 14.5 Å². The molecule has 1 heterocycles. The number of hydrogen-bond acceptors (Lipinski definition) is 3. The predicted octanol–water partition coefficient (Wildman–Crippen LogP) is 0.0441. The Balaban J connectivity index is 2.17. The highest BCUT2D eigenvalue weighted by molar-refractivity contribution is 6.61. The lowest BCUT2D eigenvalue weighted by Crippen LogP contribution is -2.30. The number of nitrogens with one attached hydrogen (secondary N) is 1. The van der Waals surface area contributed by atoms with Crippen LogP contribution < -0.4 is 10.8 Å². The minimum Gasteiger partial charge on any atom is -0.423 e. The maximum absolute atomic E-state index is 11.7. The first-order valence-electron chi connectivity index (χ1n) is 5.43. The van der Waals surface area contributed by atoms with Gasteiger partial charge in [0.05, 0.1) is 6.61 Å². The van der Waals surface area contributed by atoms with Crippen molar-refractivity contribution in [2.45, 2.75) is 20.0 Å². The highest BCUT2D eigenvalue weighted by Gasteiger charge is 2.27. The normalized spacial score (nSPS) is 13.8. The van der Waals surface area contributed by atoms with Gasteiger partial charge in [-0.1, -0.05) is 13.0 Å². The van der Waals surface area contributed by atoms with Gasteiger partial charge >= 0.3 is 7.12 Å². The minimum absolute atomic E-state index is 0.108. The van der Waals surface area contributed by atoms with E-state index in [0.717, 1.165) is 12.0 Å². The topological polar surface area (TPSA) is 58.6 Å². The molecule has 0 bridgehead atoms. The van der Waals surface area contributed by atoms with Gasteiger partial charge in [0, 0.05) is 12.1 Å². The van der Waals surface area contributed by atoms with Gasteiger partial charge in [0.25, 0.3) is 5.91 Å². The van der Waals surface area contributed by atoms with Gasteiger partial charge in [-0.05, 0) is 29.6 Å². The van der Waals surface area contributed by atoms with E-state index in [-0.39, 0.29) is 5.91 Å². The molecule has 0 aliphatic carbocycles. The molecule has 1 aliphatic heterocycles. The van der Waals surface area contributed by atoms with Crippen LogP contribution >= 0.6 is 0 Å². The van der Waals surface area contributed by atoms with Gasteiger partial charge < -0.3 is 15.0 Å². The number of carbonyl (C=O) groups excluding carboxylic acids is 1. The summed E-state index contributed by atoms with van der Waals surface area (Å²) >= 11 is 0. The molecule has 0 radical (unpaired) electrons. The Morgan fingerprint density at radius 3 is 3.19 bits per heavy atom. The van der Waals surface area contributed by atoms with Crippen LogP contribution in [-0.4, -0.2) is 24.6 Å². The fraction of sp³-hybridized carbons (Fsp3) is 0.364. The van der Waals surface area contributed by atoms with Crippen molar-refractivity contribution in [2.75, 3.05) is 6.54 Å². The fourth-order valence-electron chi connectivity index (χ4n) is 1.70. The molecule has 1 aromatic rings. The Hall–Kier alpha value is -1.33. The molecule has 2 N–H and O–H groups in total. The van der Waals surface area contributed by atoms with E-state index in [2.05, 4.69) is 5.32 Å². The van der Waals surface area contributed by atoms with E-state index in [4.69, 9.17) is 4.65 Å². The molecule has 16 heavy (non-hydrogen) atoms. The summed E-state index contributed by atoms with van der Waals surface area (Å²) in [5, 5.41) is 12.3. The highest BCUT2D eigenvalue weighted by Crippen LogP contribution is 2.11. The molecule has 0 atom stereocenters. The molecule has 1 aromatic carbocycles. The molecule has 1 amide bonds. The van der Waals surface area contributed by atoms with Crippen molar-refractivity contribution in [3.63, 3.8) is 0 Å². The number of amides is 1. The molecule has 5 heteroatoms. The van der Waals surface area contributed by atoms with Gasteiger partial charge in [0.1, 0.15) is 0 Å². The van der Waals surface area contributed by atoms with Crippen LogP contribution in [-0.2, 0) is 11.3 Å². The summed E-state index contributed by atoms with van der Waals surface area (Å²) in [6.07, 6.45) is 0.905. The number of benzene rings is 1. The maximum Gasteiger partial charge on any atom is 0.491 e. The van der Waals surface area contributed by atoms with E-state index < -0.39 is 7.12 Å². The summed E-state index contributed by atoms with van der Waals surface area (Å²) in [4.78, 5) is 11.7. The second kappa shape index (κ2) is 4.68. The lowest BCUT2D eigenvalue weighted by Gasteiger charge is -2.05. The Bertz CT molecular complexity index is 408. The van der Waals surface area contributed by atoms with Crippen molar-refractivity contribution in [3.05, 3.63) is 29.3 Å². The summed E-state index contributed by atoms with van der Waals surface area (Å²) in [7, 11) is -0.895. The second-order valence-corrected chi connectivity index (χ2v) is 3.83. The van der Waals surface area contributed by atoms with Crippen LogP contribution in [0.5, 0.6) is 0 Å². The van der Waals surface area contributed by atoms with Crippen LogP contribution in [0.1, 0.15) is 29.3 Å². The van der Waals surface area contributed by atoms with E-state index in [1.165, 1.54) is 0 Å². The van der Waals surface area contributed by atoms with Gasteiger partial charge in [-0.2, -0.15) is 0 Å². The van der Waals surface area contributed by atoms with E-state index in [0.29, 0.717) is 24.2 Å². The lowest BCUT2D eigenvalue weighted by atomic mass is 9.79. The van der Waals surface area contributed by atoms with Crippen LogP contribution in [0.3, 0.4) is 0 Å². The van der Waals surface area contributed by atoms with Gasteiger partial charge in [-0.15, -0.1) is 0 Å². The van der Waals surface area contributed by atoms with Crippen LogP contribution in [0.15, 0.2) is 18.2 Å². The summed E-state index contributed by atoms with van der Waals surface area (Å²) in [5.74, 6) is -0.108. The summed E-state index contributed by atoms with van der Waals surface area (Å²) in [6, 6.07) is 5.27. The zero-order chi connectivity index (χ0) is 11.5. The van der Waals surface area contributed by atoms with Crippen molar-refractivity contribution in [3.8, 4) is 0 Å². The van der Waals surface area contributed by atoms with E-state index >= 15 is 0 Å². The summed E-state index contributed by atoms with van der Waals surface area (Å²) in [6.45, 7) is 3.07. The van der Waals surface area contributed by atoms with Crippen LogP contribution in [0.25, 0.3) is 0 Å². The summed E-state index contributed by atoms with van der Waals surface area (Å²) < 4.78 is 5.06. The molecule has 84 valence electrons. The second-order valence-electron chi connectivity index (χ2n) is 3.83. The molecule has 0 spiro atoms. The molecule has 0 fully saturated rings. The van der Waals surface area contributed by atoms with Crippen molar-refractivity contribution in [2.24, 2.45) is 0 Å². The Labute approximate surface area is 94.8 Å². The first-order chi connectivity index (χ1) is 7.72. The lowest BCUT2D eigenvalue weighted by molar-refractivity contribution is 0.0953. The fourth-order valence-corrected chi connectivity index (χ4v) is 1.70. The standard InChI is InChI=1S/C11H14BNO3/c1-2-5-13-11(14)8-3-4-9-7-16-12(15)10(9)6-8/h3-4,6,15H,2,5,7H2,1H3,(H,13,14). The third kappa shape index (κ3) is 2.10. The van der Waals surface area contributed by atoms with E-state index in [1.54, 1.807) is 12.1 Å². The van der Waals surface area contributed by atoms with Gasteiger partial charge in [-0.3, -0.25) is 4.79 Å². The molecular formula is C11H14BNO3. The quantitative estimate of drug-likeness (QED) is 0.706. The first-order valence-corrected chi connectivity index (χ1v) is 5.43. The summed E-state index contributed by atoms with van der Waals surface area (Å²) in [5.41, 5.74) is 2.21. The Kier molecular flexibility index (Phi) is 3.26. The molecule has 0 aromatic heterocycles. The predicted molar refractivity (Wildman–Crippen MR) is 61.5 cm³/mol. The maximum atomic E-state index is 11.7. The number of fused-ring (bicyclic) bond motifs is 1. The number of carbonyl (C=O) groups is 1. The van der Waals surface area contributed by atoms with E-state index in [9.17, 15) is 9.82 Å². The first kappa shape index (κ1) is 11.2. The molecule has 2 rings (SSSR count). The van der Waals surface area contributed by atoms with Crippen LogP contribution in [0.2, 0.25) is 0 Å². The minimum atomic E-state index is -0.895. The van der Waals surface area contributed by atoms with Crippen LogP contribution in [0, 0.1) is 0 Å². The SMILES string of the molecule is CCCNC(=O)c1ccc2c(c1)B(O)OC2. The molecule has 0 unspecified atom stereocenters. The number of rotatable bonds is 3. The zero-order valence-electron chi connectivity index (χ0n) is 9.19. The molecule has 0 saturated carbocycles. The van der Waals surface area contributed by atoms with Crippen molar-refractivity contribution in [1.29, 1.82) is 0 Å². The Morgan fingerprint density at radius 2 is 2.44 bits per heavy atom. The van der Waals surface area contributed by atoms with Crippen LogP contribution in [0.4, 0.5) is 0 Å². The third-order valence-electron chi connectivity index (χ3n) is 2.61. The largest absolute Gasteiger partial charge is 0.491 e. The van der Waals surface area contributed by atoms with Gasteiger partial charge in [0.15, 0.2) is 0 Å². The average molecular weight is 219 g/mol.